The quantitative estimate of drug-likeness (QED) is 0.691. The molecule has 1 heterocycles. The van der Waals surface area contributed by atoms with Crippen molar-refractivity contribution in [1.29, 1.82) is 0 Å². The van der Waals surface area contributed by atoms with Gasteiger partial charge in [-0.1, -0.05) is 23.5 Å². The molecule has 0 atom stereocenters. The number of aryl methyl sites for hydroxylation is 1. The van der Waals surface area contributed by atoms with Crippen molar-refractivity contribution in [1.82, 2.24) is 4.98 Å². The summed E-state index contributed by atoms with van der Waals surface area (Å²) >= 11 is 4.78. The molecule has 0 spiro atoms. The second-order valence-corrected chi connectivity index (χ2v) is 6.08. The van der Waals surface area contributed by atoms with Gasteiger partial charge in [-0.15, -0.1) is 0 Å². The van der Waals surface area contributed by atoms with Crippen molar-refractivity contribution in [3.8, 4) is 0 Å². The summed E-state index contributed by atoms with van der Waals surface area (Å²) in [6, 6.07) is 11.2. The van der Waals surface area contributed by atoms with Crippen molar-refractivity contribution in [2.45, 2.75) is 6.92 Å². The Morgan fingerprint density at radius 3 is 2.84 bits per heavy atom. The standard InChI is InChI=1S/C14H10BrFN2S/c1-8-6-10(16)9(15)7-12(8)18-14-17-11-4-2-3-5-13(11)19-14/h2-7H,1H3,(H,17,18). The van der Waals surface area contributed by atoms with E-state index < -0.39 is 0 Å². The van der Waals surface area contributed by atoms with Gasteiger partial charge in [0.1, 0.15) is 5.82 Å². The first-order valence-corrected chi connectivity index (χ1v) is 7.32. The van der Waals surface area contributed by atoms with Gasteiger partial charge in [0.05, 0.1) is 14.7 Å². The minimum absolute atomic E-state index is 0.257. The summed E-state index contributed by atoms with van der Waals surface area (Å²) in [7, 11) is 0. The molecule has 1 N–H and O–H groups in total. The Balaban J connectivity index is 1.98. The summed E-state index contributed by atoms with van der Waals surface area (Å²) in [5.41, 5.74) is 2.67. The molecule has 0 aliphatic carbocycles. The first kappa shape index (κ1) is 12.6. The van der Waals surface area contributed by atoms with Gasteiger partial charge in [-0.25, -0.2) is 9.37 Å². The van der Waals surface area contributed by atoms with Crippen LogP contribution in [0.4, 0.5) is 15.2 Å². The van der Waals surface area contributed by atoms with Crippen LogP contribution in [-0.2, 0) is 0 Å². The Kier molecular flexibility index (Phi) is 3.24. The van der Waals surface area contributed by atoms with E-state index in [0.29, 0.717) is 4.47 Å². The van der Waals surface area contributed by atoms with Gasteiger partial charge in [0.15, 0.2) is 5.13 Å². The molecule has 3 aromatic rings. The molecule has 0 saturated carbocycles. The van der Waals surface area contributed by atoms with Gasteiger partial charge >= 0.3 is 0 Å². The lowest BCUT2D eigenvalue weighted by atomic mass is 10.2. The van der Waals surface area contributed by atoms with E-state index >= 15 is 0 Å². The SMILES string of the molecule is Cc1cc(F)c(Br)cc1Nc1nc2ccccc2s1. The van der Waals surface area contributed by atoms with Crippen LogP contribution in [0.3, 0.4) is 0 Å². The van der Waals surface area contributed by atoms with Crippen molar-refractivity contribution >= 4 is 48.3 Å². The number of benzene rings is 2. The minimum Gasteiger partial charge on any atom is -0.331 e. The van der Waals surface area contributed by atoms with E-state index in [9.17, 15) is 4.39 Å². The van der Waals surface area contributed by atoms with Crippen LogP contribution in [0.2, 0.25) is 0 Å². The second kappa shape index (κ2) is 4.90. The van der Waals surface area contributed by atoms with E-state index in [1.54, 1.807) is 17.4 Å². The zero-order valence-electron chi connectivity index (χ0n) is 10.1. The van der Waals surface area contributed by atoms with Gasteiger partial charge < -0.3 is 5.32 Å². The fourth-order valence-electron chi connectivity index (χ4n) is 1.82. The molecule has 3 rings (SSSR count). The molecule has 0 aliphatic heterocycles. The molecule has 96 valence electrons. The Bertz CT molecular complexity index is 721. The third kappa shape index (κ3) is 2.48. The molecule has 2 nitrogen and oxygen atoms in total. The summed E-state index contributed by atoms with van der Waals surface area (Å²) in [6.07, 6.45) is 0. The Morgan fingerprint density at radius 1 is 1.26 bits per heavy atom. The molecule has 0 amide bonds. The fourth-order valence-corrected chi connectivity index (χ4v) is 3.04. The molecule has 2 aromatic carbocycles. The van der Waals surface area contributed by atoms with Crippen molar-refractivity contribution in [3.63, 3.8) is 0 Å². The molecular weight excluding hydrogens is 327 g/mol. The Labute approximate surface area is 122 Å². The highest BCUT2D eigenvalue weighted by atomic mass is 79.9. The van der Waals surface area contributed by atoms with Crippen LogP contribution in [0.15, 0.2) is 40.9 Å². The van der Waals surface area contributed by atoms with Crippen molar-refractivity contribution in [2.75, 3.05) is 5.32 Å². The molecule has 5 heteroatoms. The third-order valence-electron chi connectivity index (χ3n) is 2.80. The first-order chi connectivity index (χ1) is 9.13. The molecular formula is C14H10BrFN2S. The van der Waals surface area contributed by atoms with Crippen LogP contribution in [-0.4, -0.2) is 4.98 Å². The monoisotopic (exact) mass is 336 g/mol. The number of anilines is 2. The average molecular weight is 337 g/mol. The van der Waals surface area contributed by atoms with Gasteiger partial charge in [-0.2, -0.15) is 0 Å². The topological polar surface area (TPSA) is 24.9 Å². The van der Waals surface area contributed by atoms with Crippen molar-refractivity contribution in [3.05, 3.63) is 52.3 Å². The second-order valence-electron chi connectivity index (χ2n) is 4.19. The molecule has 0 saturated heterocycles. The number of para-hydroxylation sites is 1. The lowest BCUT2D eigenvalue weighted by Gasteiger charge is -2.07. The number of nitrogens with one attached hydrogen (secondary N) is 1. The maximum Gasteiger partial charge on any atom is 0.188 e. The van der Waals surface area contributed by atoms with E-state index in [2.05, 4.69) is 26.2 Å². The maximum absolute atomic E-state index is 13.4. The largest absolute Gasteiger partial charge is 0.331 e. The van der Waals surface area contributed by atoms with E-state index in [1.165, 1.54) is 6.07 Å². The zero-order chi connectivity index (χ0) is 13.4. The molecule has 19 heavy (non-hydrogen) atoms. The van der Waals surface area contributed by atoms with Crippen LogP contribution in [0, 0.1) is 12.7 Å². The number of hydrogen-bond donors (Lipinski definition) is 1. The number of fused-ring (bicyclic) bond motifs is 1. The van der Waals surface area contributed by atoms with Gasteiger partial charge in [0.2, 0.25) is 0 Å². The van der Waals surface area contributed by atoms with E-state index in [1.807, 2.05) is 31.2 Å². The summed E-state index contributed by atoms with van der Waals surface area (Å²) in [4.78, 5) is 4.50. The molecule has 0 bridgehead atoms. The van der Waals surface area contributed by atoms with Crippen molar-refractivity contribution in [2.24, 2.45) is 0 Å². The molecule has 0 unspecified atom stereocenters. The maximum atomic E-state index is 13.4. The number of nitrogens with zero attached hydrogens (tertiary/aromatic N) is 1. The first-order valence-electron chi connectivity index (χ1n) is 5.72. The number of halogens is 2. The van der Waals surface area contributed by atoms with Crippen LogP contribution in [0.5, 0.6) is 0 Å². The molecule has 0 radical (unpaired) electrons. The van der Waals surface area contributed by atoms with Crippen LogP contribution < -0.4 is 5.32 Å². The lowest BCUT2D eigenvalue weighted by Crippen LogP contribution is -1.94. The van der Waals surface area contributed by atoms with Crippen LogP contribution in [0.1, 0.15) is 5.56 Å². The van der Waals surface area contributed by atoms with E-state index in [4.69, 9.17) is 0 Å². The average Bonchev–Trinajstić information content (AvgIpc) is 2.78. The highest BCUT2D eigenvalue weighted by molar-refractivity contribution is 9.10. The van der Waals surface area contributed by atoms with Crippen molar-refractivity contribution < 1.29 is 4.39 Å². The van der Waals surface area contributed by atoms with Gasteiger partial charge in [0.25, 0.3) is 0 Å². The number of rotatable bonds is 2. The molecule has 0 aliphatic rings. The summed E-state index contributed by atoms with van der Waals surface area (Å²) in [5, 5.41) is 4.05. The summed E-state index contributed by atoms with van der Waals surface area (Å²) in [6.45, 7) is 1.87. The van der Waals surface area contributed by atoms with Gasteiger partial charge in [0, 0.05) is 5.69 Å². The fraction of sp³-hybridized carbons (Fsp3) is 0.0714. The highest BCUT2D eigenvalue weighted by Gasteiger charge is 2.08. The van der Waals surface area contributed by atoms with Gasteiger partial charge in [-0.3, -0.25) is 0 Å². The third-order valence-corrected chi connectivity index (χ3v) is 4.36. The van der Waals surface area contributed by atoms with E-state index in [-0.39, 0.29) is 5.82 Å². The minimum atomic E-state index is -0.257. The zero-order valence-corrected chi connectivity index (χ0v) is 12.5. The molecule has 0 fully saturated rings. The smallest absolute Gasteiger partial charge is 0.188 e. The normalized spacial score (nSPS) is 10.9. The van der Waals surface area contributed by atoms with Crippen LogP contribution in [0.25, 0.3) is 10.2 Å². The Morgan fingerprint density at radius 2 is 2.05 bits per heavy atom. The van der Waals surface area contributed by atoms with Gasteiger partial charge in [-0.05, 0) is 52.7 Å². The highest BCUT2D eigenvalue weighted by Crippen LogP contribution is 2.31. The Hall–Kier alpha value is -1.46. The predicted molar refractivity (Wildman–Crippen MR) is 81.7 cm³/mol. The predicted octanol–water partition coefficient (Wildman–Crippen LogP) is 5.25. The number of thiazole rings is 1. The summed E-state index contributed by atoms with van der Waals surface area (Å²) < 4.78 is 15.0. The lowest BCUT2D eigenvalue weighted by molar-refractivity contribution is 0.620. The molecule has 1 aromatic heterocycles. The number of aromatic nitrogens is 1. The summed E-state index contributed by atoms with van der Waals surface area (Å²) in [5.74, 6) is -0.257. The number of hydrogen-bond acceptors (Lipinski definition) is 3. The van der Waals surface area contributed by atoms with E-state index in [0.717, 1.165) is 26.6 Å². The van der Waals surface area contributed by atoms with Crippen LogP contribution >= 0.6 is 27.3 Å².